The third kappa shape index (κ3) is 5.16. The number of likely N-dealkylation sites (N-methyl/N-ethyl adjacent to an activating group) is 1. The number of aliphatic hydroxyl groups is 1. The van der Waals surface area contributed by atoms with E-state index < -0.39 is 4.92 Å². The van der Waals surface area contributed by atoms with Crippen LogP contribution in [0, 0.1) is 10.1 Å². The predicted molar refractivity (Wildman–Crippen MR) is 127 cm³/mol. The van der Waals surface area contributed by atoms with E-state index in [0.29, 0.717) is 17.1 Å². The van der Waals surface area contributed by atoms with Crippen molar-refractivity contribution in [3.05, 3.63) is 98.6 Å². The van der Waals surface area contributed by atoms with Gasteiger partial charge in [-0.3, -0.25) is 10.1 Å². The number of rotatable bonds is 8. The van der Waals surface area contributed by atoms with Crippen LogP contribution in [-0.4, -0.2) is 44.3 Å². The van der Waals surface area contributed by atoms with Crippen molar-refractivity contribution >= 4 is 28.7 Å². The standard InChI is InChI=1S/C24H26ClN3O3/c1-26(2)19-8-4-17(5-9-19)24(22-16-21(28(30)31)12-13-23(22)25)18-6-10-20(11-7-18)27(3)14-15-29/h4-13,16,24,29H,14-15H2,1-3H3. The Morgan fingerprint density at radius 1 is 0.935 bits per heavy atom. The molecule has 6 nitrogen and oxygen atoms in total. The lowest BCUT2D eigenvalue weighted by Crippen LogP contribution is -2.21. The zero-order chi connectivity index (χ0) is 22.5. The summed E-state index contributed by atoms with van der Waals surface area (Å²) in [6, 6.07) is 20.6. The Morgan fingerprint density at radius 3 is 1.97 bits per heavy atom. The molecule has 1 unspecified atom stereocenters. The van der Waals surface area contributed by atoms with Gasteiger partial charge in [0.1, 0.15) is 0 Å². The minimum atomic E-state index is -0.404. The van der Waals surface area contributed by atoms with Gasteiger partial charge in [-0.1, -0.05) is 35.9 Å². The Morgan fingerprint density at radius 2 is 1.48 bits per heavy atom. The lowest BCUT2D eigenvalue weighted by molar-refractivity contribution is -0.384. The molecule has 0 aromatic heterocycles. The largest absolute Gasteiger partial charge is 0.395 e. The molecule has 1 N–H and O–H groups in total. The van der Waals surface area contributed by atoms with Crippen molar-refractivity contribution in [2.45, 2.75) is 5.92 Å². The second kappa shape index (κ2) is 9.81. The summed E-state index contributed by atoms with van der Waals surface area (Å²) in [6.07, 6.45) is 0. The first-order valence-corrected chi connectivity index (χ1v) is 10.3. The van der Waals surface area contributed by atoms with Crippen LogP contribution in [-0.2, 0) is 0 Å². The Balaban J connectivity index is 2.11. The highest BCUT2D eigenvalue weighted by molar-refractivity contribution is 6.31. The van der Waals surface area contributed by atoms with E-state index in [0.717, 1.165) is 22.5 Å². The summed E-state index contributed by atoms with van der Waals surface area (Å²) >= 11 is 6.53. The summed E-state index contributed by atoms with van der Waals surface area (Å²) in [5, 5.41) is 21.1. The maximum absolute atomic E-state index is 11.4. The van der Waals surface area contributed by atoms with Gasteiger partial charge in [-0.2, -0.15) is 0 Å². The van der Waals surface area contributed by atoms with E-state index >= 15 is 0 Å². The number of hydrogen-bond donors (Lipinski definition) is 1. The van der Waals surface area contributed by atoms with Crippen molar-refractivity contribution in [1.82, 2.24) is 0 Å². The van der Waals surface area contributed by atoms with E-state index in [4.69, 9.17) is 11.6 Å². The number of anilines is 2. The molecule has 162 valence electrons. The smallest absolute Gasteiger partial charge is 0.269 e. The summed E-state index contributed by atoms with van der Waals surface area (Å²) in [7, 11) is 5.87. The number of nitrogens with zero attached hydrogens (tertiary/aromatic N) is 3. The molecule has 0 bridgehead atoms. The summed E-state index contributed by atoms with van der Waals surface area (Å²) < 4.78 is 0. The molecule has 0 saturated heterocycles. The van der Waals surface area contributed by atoms with Crippen molar-refractivity contribution < 1.29 is 10.0 Å². The van der Waals surface area contributed by atoms with Crippen LogP contribution in [0.4, 0.5) is 17.1 Å². The topological polar surface area (TPSA) is 69.8 Å². The van der Waals surface area contributed by atoms with Crippen molar-refractivity contribution in [1.29, 1.82) is 0 Å². The normalized spacial score (nSPS) is 11.8. The number of halogens is 1. The summed E-state index contributed by atoms with van der Waals surface area (Å²) in [5.74, 6) is -0.263. The van der Waals surface area contributed by atoms with Crippen molar-refractivity contribution in [3.63, 3.8) is 0 Å². The summed E-state index contributed by atoms with van der Waals surface area (Å²) in [5.41, 5.74) is 4.70. The highest BCUT2D eigenvalue weighted by Gasteiger charge is 2.22. The molecule has 31 heavy (non-hydrogen) atoms. The van der Waals surface area contributed by atoms with Gasteiger partial charge in [0.25, 0.3) is 5.69 Å². The second-order valence-corrected chi connectivity index (χ2v) is 8.03. The molecular formula is C24H26ClN3O3. The number of nitro groups is 1. The second-order valence-electron chi connectivity index (χ2n) is 7.62. The van der Waals surface area contributed by atoms with Gasteiger partial charge < -0.3 is 14.9 Å². The van der Waals surface area contributed by atoms with Crippen molar-refractivity contribution in [3.8, 4) is 0 Å². The first kappa shape index (κ1) is 22.6. The van der Waals surface area contributed by atoms with Gasteiger partial charge in [-0.05, 0) is 47.0 Å². The molecule has 3 rings (SSSR count). The average Bonchev–Trinajstić information content (AvgIpc) is 2.76. The van der Waals surface area contributed by atoms with Crippen molar-refractivity contribution in [2.24, 2.45) is 0 Å². The molecule has 0 aliphatic heterocycles. The van der Waals surface area contributed by atoms with Crippen LogP contribution in [0.5, 0.6) is 0 Å². The highest BCUT2D eigenvalue weighted by Crippen LogP contribution is 2.38. The molecule has 0 aliphatic rings. The van der Waals surface area contributed by atoms with Gasteiger partial charge in [0, 0.05) is 62.1 Å². The molecule has 7 heteroatoms. The fourth-order valence-corrected chi connectivity index (χ4v) is 3.81. The third-order valence-electron chi connectivity index (χ3n) is 5.35. The van der Waals surface area contributed by atoms with Crippen LogP contribution in [0.1, 0.15) is 22.6 Å². The molecule has 0 fully saturated rings. The number of non-ortho nitro benzene ring substituents is 1. The minimum Gasteiger partial charge on any atom is -0.395 e. The molecule has 0 saturated carbocycles. The van der Waals surface area contributed by atoms with Crippen LogP contribution < -0.4 is 9.80 Å². The van der Waals surface area contributed by atoms with E-state index in [1.54, 1.807) is 12.1 Å². The Labute approximate surface area is 187 Å². The van der Waals surface area contributed by atoms with Gasteiger partial charge in [0.2, 0.25) is 0 Å². The lowest BCUT2D eigenvalue weighted by Gasteiger charge is -2.23. The van der Waals surface area contributed by atoms with Gasteiger partial charge >= 0.3 is 0 Å². The van der Waals surface area contributed by atoms with Crippen LogP contribution in [0.15, 0.2) is 66.7 Å². The molecule has 1 atom stereocenters. The van der Waals surface area contributed by atoms with Gasteiger partial charge in [0.05, 0.1) is 11.5 Å². The summed E-state index contributed by atoms with van der Waals surface area (Å²) in [6.45, 7) is 0.605. The van der Waals surface area contributed by atoms with Crippen molar-refractivity contribution in [2.75, 3.05) is 44.1 Å². The number of nitro benzene ring substituents is 1. The predicted octanol–water partition coefficient (Wildman–Crippen LogP) is 4.92. The molecular weight excluding hydrogens is 414 g/mol. The molecule has 0 spiro atoms. The zero-order valence-electron chi connectivity index (χ0n) is 17.8. The lowest BCUT2D eigenvalue weighted by atomic mass is 9.84. The maximum atomic E-state index is 11.4. The first-order valence-electron chi connectivity index (χ1n) is 9.95. The monoisotopic (exact) mass is 439 g/mol. The minimum absolute atomic E-state index is 0.00797. The SMILES string of the molecule is CN(C)c1ccc(C(c2ccc(N(C)CCO)cc2)c2cc([N+](=O)[O-])ccc2Cl)cc1. The summed E-state index contributed by atoms with van der Waals surface area (Å²) in [4.78, 5) is 15.0. The fourth-order valence-electron chi connectivity index (χ4n) is 3.58. The molecule has 0 heterocycles. The van der Waals surface area contributed by atoms with E-state index in [9.17, 15) is 15.2 Å². The van der Waals surface area contributed by atoms with E-state index in [-0.39, 0.29) is 18.2 Å². The Kier molecular flexibility index (Phi) is 7.15. The highest BCUT2D eigenvalue weighted by atomic mass is 35.5. The van der Waals surface area contributed by atoms with Crippen LogP contribution in [0.3, 0.4) is 0 Å². The van der Waals surface area contributed by atoms with E-state index in [1.165, 1.54) is 6.07 Å². The van der Waals surface area contributed by atoms with Gasteiger partial charge in [0.15, 0.2) is 0 Å². The Bertz CT molecular complexity index is 1040. The Hall–Kier alpha value is -3.09. The van der Waals surface area contributed by atoms with Gasteiger partial charge in [-0.25, -0.2) is 0 Å². The van der Waals surface area contributed by atoms with E-state index in [1.807, 2.05) is 79.5 Å². The average molecular weight is 440 g/mol. The van der Waals surface area contributed by atoms with Crippen LogP contribution >= 0.6 is 11.6 Å². The van der Waals surface area contributed by atoms with Crippen LogP contribution in [0.25, 0.3) is 0 Å². The van der Waals surface area contributed by atoms with E-state index in [2.05, 4.69) is 0 Å². The quantitative estimate of drug-likeness (QED) is 0.306. The fraction of sp³-hybridized carbons (Fsp3) is 0.250. The molecule has 0 radical (unpaired) electrons. The maximum Gasteiger partial charge on any atom is 0.269 e. The molecule has 3 aromatic carbocycles. The molecule has 0 amide bonds. The number of hydrogen-bond acceptors (Lipinski definition) is 5. The number of aliphatic hydroxyl groups excluding tert-OH is 1. The van der Waals surface area contributed by atoms with Gasteiger partial charge in [-0.15, -0.1) is 0 Å². The molecule has 3 aromatic rings. The first-order chi connectivity index (χ1) is 14.8. The third-order valence-corrected chi connectivity index (χ3v) is 5.69. The number of benzene rings is 3. The van der Waals surface area contributed by atoms with Crippen LogP contribution in [0.2, 0.25) is 5.02 Å². The molecule has 0 aliphatic carbocycles. The zero-order valence-corrected chi connectivity index (χ0v) is 18.6.